The van der Waals surface area contributed by atoms with Crippen molar-refractivity contribution < 1.29 is 9.53 Å². The first-order valence-corrected chi connectivity index (χ1v) is 7.30. The summed E-state index contributed by atoms with van der Waals surface area (Å²) in [6, 6.07) is 10.2. The first kappa shape index (κ1) is 15.0. The number of rotatable bonds is 6. The van der Waals surface area contributed by atoms with Crippen molar-refractivity contribution >= 4 is 5.97 Å². The Morgan fingerprint density at radius 1 is 1.35 bits per heavy atom. The molecule has 110 valence electrons. The lowest BCUT2D eigenvalue weighted by atomic mass is 9.94. The SMILES string of the molecule is COC(=O)C1(NCC(CN)c2ccccc2)CCCC1. The van der Waals surface area contributed by atoms with Crippen molar-refractivity contribution in [1.82, 2.24) is 5.32 Å². The minimum Gasteiger partial charge on any atom is -0.468 e. The van der Waals surface area contributed by atoms with Crippen molar-refractivity contribution in [3.05, 3.63) is 35.9 Å². The fourth-order valence-electron chi connectivity index (χ4n) is 3.01. The topological polar surface area (TPSA) is 64.3 Å². The van der Waals surface area contributed by atoms with Crippen molar-refractivity contribution in [3.63, 3.8) is 0 Å². The van der Waals surface area contributed by atoms with Crippen molar-refractivity contribution in [1.29, 1.82) is 0 Å². The smallest absolute Gasteiger partial charge is 0.326 e. The van der Waals surface area contributed by atoms with E-state index in [1.54, 1.807) is 0 Å². The zero-order chi connectivity index (χ0) is 14.4. The molecule has 1 aliphatic carbocycles. The molecule has 1 aliphatic rings. The number of carbonyl (C=O) groups is 1. The highest BCUT2D eigenvalue weighted by molar-refractivity contribution is 5.81. The third-order valence-corrected chi connectivity index (χ3v) is 4.28. The van der Waals surface area contributed by atoms with Crippen LogP contribution in [0.4, 0.5) is 0 Å². The molecular weight excluding hydrogens is 252 g/mol. The van der Waals surface area contributed by atoms with Crippen LogP contribution in [0.3, 0.4) is 0 Å². The molecule has 0 radical (unpaired) electrons. The molecule has 4 nitrogen and oxygen atoms in total. The molecule has 0 bridgehead atoms. The third-order valence-electron chi connectivity index (χ3n) is 4.28. The van der Waals surface area contributed by atoms with E-state index in [9.17, 15) is 4.79 Å². The molecule has 1 aromatic rings. The largest absolute Gasteiger partial charge is 0.468 e. The summed E-state index contributed by atoms with van der Waals surface area (Å²) in [4.78, 5) is 12.1. The molecule has 0 aromatic heterocycles. The number of methoxy groups -OCH3 is 1. The molecule has 0 amide bonds. The number of carbonyl (C=O) groups excluding carboxylic acids is 1. The maximum atomic E-state index is 12.1. The summed E-state index contributed by atoms with van der Waals surface area (Å²) in [7, 11) is 1.46. The molecular formula is C16H24N2O2. The molecule has 0 saturated heterocycles. The summed E-state index contributed by atoms with van der Waals surface area (Å²) >= 11 is 0. The van der Waals surface area contributed by atoms with Gasteiger partial charge in [0.15, 0.2) is 0 Å². The van der Waals surface area contributed by atoms with Crippen LogP contribution >= 0.6 is 0 Å². The third kappa shape index (κ3) is 3.19. The summed E-state index contributed by atoms with van der Waals surface area (Å²) in [5.41, 5.74) is 6.59. The van der Waals surface area contributed by atoms with Gasteiger partial charge in [-0.25, -0.2) is 0 Å². The predicted octanol–water partition coefficient (Wildman–Crippen LogP) is 1.80. The van der Waals surface area contributed by atoms with Gasteiger partial charge in [0.25, 0.3) is 0 Å². The van der Waals surface area contributed by atoms with E-state index < -0.39 is 5.54 Å². The van der Waals surface area contributed by atoms with Crippen molar-refractivity contribution in [2.24, 2.45) is 5.73 Å². The Kier molecular flexibility index (Phi) is 5.15. The van der Waals surface area contributed by atoms with Gasteiger partial charge in [0.05, 0.1) is 7.11 Å². The van der Waals surface area contributed by atoms with Gasteiger partial charge in [-0.15, -0.1) is 0 Å². The van der Waals surface area contributed by atoms with Gasteiger partial charge in [0.2, 0.25) is 0 Å². The van der Waals surface area contributed by atoms with E-state index in [-0.39, 0.29) is 11.9 Å². The lowest BCUT2D eigenvalue weighted by Gasteiger charge is -2.29. The number of esters is 1. The van der Waals surface area contributed by atoms with E-state index in [1.807, 2.05) is 18.2 Å². The van der Waals surface area contributed by atoms with Gasteiger partial charge >= 0.3 is 5.97 Å². The Balaban J connectivity index is 2.03. The van der Waals surface area contributed by atoms with E-state index in [1.165, 1.54) is 12.7 Å². The van der Waals surface area contributed by atoms with Gasteiger partial charge in [-0.05, 0) is 18.4 Å². The maximum absolute atomic E-state index is 12.1. The Hall–Kier alpha value is -1.39. The van der Waals surface area contributed by atoms with Gasteiger partial charge in [0.1, 0.15) is 5.54 Å². The van der Waals surface area contributed by atoms with Crippen molar-refractivity contribution in [2.75, 3.05) is 20.2 Å². The van der Waals surface area contributed by atoms with Crippen LogP contribution in [0, 0.1) is 0 Å². The molecule has 0 aliphatic heterocycles. The summed E-state index contributed by atoms with van der Waals surface area (Å²) < 4.78 is 4.98. The molecule has 0 spiro atoms. The minimum absolute atomic E-state index is 0.140. The number of benzene rings is 1. The van der Waals surface area contributed by atoms with Crippen LogP contribution < -0.4 is 11.1 Å². The lowest BCUT2D eigenvalue weighted by Crippen LogP contribution is -2.52. The lowest BCUT2D eigenvalue weighted by molar-refractivity contribution is -0.148. The molecule has 1 fully saturated rings. The first-order chi connectivity index (χ1) is 9.72. The van der Waals surface area contributed by atoms with Gasteiger partial charge < -0.3 is 15.8 Å². The van der Waals surface area contributed by atoms with Crippen LogP contribution in [0.1, 0.15) is 37.2 Å². The minimum atomic E-state index is -0.503. The van der Waals surface area contributed by atoms with E-state index in [4.69, 9.17) is 10.5 Å². The van der Waals surface area contributed by atoms with Gasteiger partial charge in [-0.1, -0.05) is 43.2 Å². The van der Waals surface area contributed by atoms with E-state index >= 15 is 0 Å². The normalized spacial score (nSPS) is 18.7. The standard InChI is InChI=1S/C16H24N2O2/c1-20-15(19)16(9-5-6-10-16)18-12-14(11-17)13-7-3-2-4-8-13/h2-4,7-8,14,18H,5-6,9-12,17H2,1H3. The fourth-order valence-corrected chi connectivity index (χ4v) is 3.01. The summed E-state index contributed by atoms with van der Waals surface area (Å²) in [5, 5.41) is 3.44. The summed E-state index contributed by atoms with van der Waals surface area (Å²) in [6.45, 7) is 1.27. The summed E-state index contributed by atoms with van der Waals surface area (Å²) in [5.74, 6) is 0.0807. The molecule has 1 unspecified atom stereocenters. The molecule has 2 rings (SSSR count). The van der Waals surface area contributed by atoms with Crippen LogP contribution in [0.2, 0.25) is 0 Å². The average molecular weight is 276 g/mol. The maximum Gasteiger partial charge on any atom is 0.326 e. The molecule has 4 heteroatoms. The van der Waals surface area contributed by atoms with Gasteiger partial charge in [0, 0.05) is 19.0 Å². The number of hydrogen-bond acceptors (Lipinski definition) is 4. The second-order valence-electron chi connectivity index (χ2n) is 5.51. The van der Waals surface area contributed by atoms with Gasteiger partial charge in [-0.3, -0.25) is 4.79 Å². The second kappa shape index (κ2) is 6.86. The quantitative estimate of drug-likeness (QED) is 0.778. The van der Waals surface area contributed by atoms with E-state index in [2.05, 4.69) is 17.4 Å². The zero-order valence-corrected chi connectivity index (χ0v) is 12.1. The number of nitrogens with one attached hydrogen (secondary N) is 1. The average Bonchev–Trinajstić information content (AvgIpc) is 2.98. The van der Waals surface area contributed by atoms with Gasteiger partial charge in [-0.2, -0.15) is 0 Å². The molecule has 1 aromatic carbocycles. The molecule has 20 heavy (non-hydrogen) atoms. The van der Waals surface area contributed by atoms with E-state index in [0.29, 0.717) is 13.1 Å². The highest BCUT2D eigenvalue weighted by atomic mass is 16.5. The number of nitrogens with two attached hydrogens (primary N) is 1. The second-order valence-corrected chi connectivity index (χ2v) is 5.51. The summed E-state index contributed by atoms with van der Waals surface area (Å²) in [6.07, 6.45) is 3.85. The first-order valence-electron chi connectivity index (χ1n) is 7.30. The fraction of sp³-hybridized carbons (Fsp3) is 0.562. The van der Waals surface area contributed by atoms with Crippen LogP contribution in [0.15, 0.2) is 30.3 Å². The van der Waals surface area contributed by atoms with Crippen molar-refractivity contribution in [3.8, 4) is 0 Å². The van der Waals surface area contributed by atoms with Crippen LogP contribution in [-0.2, 0) is 9.53 Å². The zero-order valence-electron chi connectivity index (χ0n) is 12.1. The highest BCUT2D eigenvalue weighted by Gasteiger charge is 2.42. The number of hydrogen-bond donors (Lipinski definition) is 2. The monoisotopic (exact) mass is 276 g/mol. The predicted molar refractivity (Wildman–Crippen MR) is 79.5 cm³/mol. The molecule has 0 heterocycles. The Morgan fingerprint density at radius 3 is 2.55 bits per heavy atom. The molecule has 1 saturated carbocycles. The van der Waals surface area contributed by atoms with Crippen LogP contribution in [0.25, 0.3) is 0 Å². The molecule has 1 atom stereocenters. The Bertz CT molecular complexity index is 427. The van der Waals surface area contributed by atoms with E-state index in [0.717, 1.165) is 25.7 Å². The Labute approximate surface area is 120 Å². The molecule has 3 N–H and O–H groups in total. The Morgan fingerprint density at radius 2 is 2.00 bits per heavy atom. The van der Waals surface area contributed by atoms with Crippen LogP contribution in [-0.4, -0.2) is 31.7 Å². The van der Waals surface area contributed by atoms with Crippen LogP contribution in [0.5, 0.6) is 0 Å². The number of ether oxygens (including phenoxy) is 1. The van der Waals surface area contributed by atoms with Crippen molar-refractivity contribution in [2.45, 2.75) is 37.1 Å². The highest BCUT2D eigenvalue weighted by Crippen LogP contribution is 2.31.